The first-order valence-corrected chi connectivity index (χ1v) is 7.67. The van der Waals surface area contributed by atoms with Crippen LogP contribution in [0.2, 0.25) is 0 Å². The summed E-state index contributed by atoms with van der Waals surface area (Å²) in [6, 6.07) is 15.9. The molecule has 3 rings (SSSR count). The molecule has 0 heterocycles. The van der Waals surface area contributed by atoms with Crippen molar-refractivity contribution in [3.05, 3.63) is 58.8 Å². The largest absolute Gasteiger partial charge is 0.398 e. The Morgan fingerprint density at radius 2 is 1.78 bits per heavy atom. The molecule has 0 aliphatic heterocycles. The summed E-state index contributed by atoms with van der Waals surface area (Å²) < 4.78 is 0. The summed E-state index contributed by atoms with van der Waals surface area (Å²) in [4.78, 5) is 0. The molecule has 4 heteroatoms. The summed E-state index contributed by atoms with van der Waals surface area (Å²) in [5, 5.41) is 29.3. The minimum Gasteiger partial charge on any atom is -0.398 e. The Hall–Kier alpha value is -3.03. The van der Waals surface area contributed by atoms with Gasteiger partial charge in [0.15, 0.2) is 5.41 Å². The van der Waals surface area contributed by atoms with Crippen molar-refractivity contribution >= 4 is 0 Å². The number of hydrogen-bond acceptors (Lipinski definition) is 4. The van der Waals surface area contributed by atoms with Gasteiger partial charge in [-0.3, -0.25) is 0 Å². The monoisotopic (exact) mass is 300 g/mol. The fourth-order valence-electron chi connectivity index (χ4n) is 3.94. The molecule has 0 amide bonds. The summed E-state index contributed by atoms with van der Waals surface area (Å²) in [6.07, 6.45) is 4.85. The van der Waals surface area contributed by atoms with Crippen molar-refractivity contribution in [1.29, 1.82) is 15.8 Å². The van der Waals surface area contributed by atoms with Crippen LogP contribution in [-0.2, 0) is 0 Å². The molecular formula is C19H16N4. The van der Waals surface area contributed by atoms with Crippen molar-refractivity contribution in [1.82, 2.24) is 0 Å². The van der Waals surface area contributed by atoms with Crippen LogP contribution in [0.4, 0.5) is 0 Å². The van der Waals surface area contributed by atoms with Gasteiger partial charge < -0.3 is 5.73 Å². The zero-order chi connectivity index (χ0) is 16.4. The first-order chi connectivity index (χ1) is 11.2. The summed E-state index contributed by atoms with van der Waals surface area (Å²) in [5.41, 5.74) is 6.94. The zero-order valence-corrected chi connectivity index (χ0v) is 12.7. The van der Waals surface area contributed by atoms with Crippen LogP contribution in [-0.4, -0.2) is 0 Å². The van der Waals surface area contributed by atoms with E-state index in [-0.39, 0.29) is 17.4 Å². The van der Waals surface area contributed by atoms with E-state index in [2.05, 4.69) is 18.2 Å². The van der Waals surface area contributed by atoms with Crippen LogP contribution in [0.1, 0.15) is 30.7 Å². The van der Waals surface area contributed by atoms with Gasteiger partial charge in [-0.05, 0) is 36.3 Å². The fourth-order valence-corrected chi connectivity index (χ4v) is 3.94. The van der Waals surface area contributed by atoms with Gasteiger partial charge in [-0.2, -0.15) is 15.8 Å². The first-order valence-electron chi connectivity index (χ1n) is 7.67. The summed E-state index contributed by atoms with van der Waals surface area (Å²) >= 11 is 0. The van der Waals surface area contributed by atoms with Gasteiger partial charge in [-0.1, -0.05) is 36.4 Å². The van der Waals surface area contributed by atoms with Crippen LogP contribution in [0.3, 0.4) is 0 Å². The maximum Gasteiger partial charge on any atom is 0.187 e. The number of fused-ring (bicyclic) bond motifs is 1. The number of allylic oxidation sites excluding steroid dienone is 3. The lowest BCUT2D eigenvalue weighted by Crippen LogP contribution is -2.41. The van der Waals surface area contributed by atoms with Gasteiger partial charge in [0.25, 0.3) is 0 Å². The Kier molecular flexibility index (Phi) is 3.65. The second-order valence-electron chi connectivity index (χ2n) is 6.02. The predicted octanol–water partition coefficient (Wildman–Crippen LogP) is 3.28. The second kappa shape index (κ2) is 5.64. The molecule has 0 spiro atoms. The van der Waals surface area contributed by atoms with Crippen LogP contribution in [0.5, 0.6) is 0 Å². The fraction of sp³-hybridized carbons (Fsp3) is 0.316. The van der Waals surface area contributed by atoms with Crippen LogP contribution in [0, 0.1) is 45.3 Å². The molecule has 2 unspecified atom stereocenters. The maximum absolute atomic E-state index is 9.85. The van der Waals surface area contributed by atoms with Crippen molar-refractivity contribution in [3.8, 4) is 18.2 Å². The summed E-state index contributed by atoms with van der Waals surface area (Å²) in [7, 11) is 0. The molecule has 4 nitrogen and oxygen atoms in total. The molecular weight excluding hydrogens is 284 g/mol. The standard InChI is InChI=1S/C19H16N4/c20-10-16-18(23)15-9-5-4-8-14(15)17(19(16,11-21)12-22)13-6-2-1-3-7-13/h1-3,6-7,9,14,17H,4-5,8,23H2. The first kappa shape index (κ1) is 14.9. The molecule has 2 atom stereocenters. The second-order valence-corrected chi connectivity index (χ2v) is 6.02. The lowest BCUT2D eigenvalue weighted by Gasteiger charge is -2.43. The highest BCUT2D eigenvalue weighted by Crippen LogP contribution is 2.55. The smallest absolute Gasteiger partial charge is 0.187 e. The third-order valence-electron chi connectivity index (χ3n) is 4.95. The Labute approximate surface area is 135 Å². The molecule has 1 aromatic carbocycles. The van der Waals surface area contributed by atoms with Gasteiger partial charge in [0.2, 0.25) is 0 Å². The molecule has 112 valence electrons. The molecule has 0 radical (unpaired) electrons. The minimum atomic E-state index is -1.53. The van der Waals surface area contributed by atoms with Crippen LogP contribution in [0.15, 0.2) is 53.3 Å². The Morgan fingerprint density at radius 3 is 2.39 bits per heavy atom. The van der Waals surface area contributed by atoms with Gasteiger partial charge >= 0.3 is 0 Å². The molecule has 1 aromatic rings. The number of nitrogens with two attached hydrogens (primary N) is 1. The summed E-state index contributed by atoms with van der Waals surface area (Å²) in [6.45, 7) is 0. The molecule has 23 heavy (non-hydrogen) atoms. The third kappa shape index (κ3) is 2.02. The molecule has 0 aromatic heterocycles. The van der Waals surface area contributed by atoms with Crippen molar-refractivity contribution in [2.24, 2.45) is 17.1 Å². The van der Waals surface area contributed by atoms with E-state index in [4.69, 9.17) is 5.73 Å². The van der Waals surface area contributed by atoms with E-state index in [1.165, 1.54) is 0 Å². The number of benzene rings is 1. The highest BCUT2D eigenvalue weighted by Gasteiger charge is 2.54. The lowest BCUT2D eigenvalue weighted by atomic mass is 9.56. The van der Waals surface area contributed by atoms with E-state index in [0.29, 0.717) is 5.70 Å². The molecule has 2 N–H and O–H groups in total. The van der Waals surface area contributed by atoms with Crippen molar-refractivity contribution in [2.75, 3.05) is 0 Å². The molecule has 0 saturated carbocycles. The van der Waals surface area contributed by atoms with Crippen LogP contribution in [0.25, 0.3) is 0 Å². The van der Waals surface area contributed by atoms with E-state index < -0.39 is 5.41 Å². The normalized spacial score (nSPS) is 25.3. The number of hydrogen-bond donors (Lipinski definition) is 1. The third-order valence-corrected chi connectivity index (χ3v) is 4.95. The van der Waals surface area contributed by atoms with Gasteiger partial charge in [-0.15, -0.1) is 0 Å². The quantitative estimate of drug-likeness (QED) is 0.860. The average Bonchev–Trinajstić information content (AvgIpc) is 2.62. The number of nitriles is 3. The van der Waals surface area contributed by atoms with Crippen LogP contribution < -0.4 is 5.73 Å². The molecule has 0 bridgehead atoms. The van der Waals surface area contributed by atoms with Crippen molar-refractivity contribution in [2.45, 2.75) is 25.2 Å². The molecule has 0 saturated heterocycles. The van der Waals surface area contributed by atoms with Gasteiger partial charge in [0.1, 0.15) is 0 Å². The van der Waals surface area contributed by atoms with E-state index in [9.17, 15) is 15.8 Å². The maximum atomic E-state index is 9.85. The van der Waals surface area contributed by atoms with E-state index >= 15 is 0 Å². The predicted molar refractivity (Wildman–Crippen MR) is 85.1 cm³/mol. The number of rotatable bonds is 1. The molecule has 0 fully saturated rings. The van der Waals surface area contributed by atoms with Gasteiger partial charge in [0, 0.05) is 5.92 Å². The van der Waals surface area contributed by atoms with Gasteiger partial charge in [-0.25, -0.2) is 0 Å². The minimum absolute atomic E-state index is 0.00236. The average molecular weight is 300 g/mol. The highest BCUT2D eigenvalue weighted by atomic mass is 14.7. The topological polar surface area (TPSA) is 97.4 Å². The van der Waals surface area contributed by atoms with Crippen LogP contribution >= 0.6 is 0 Å². The lowest BCUT2D eigenvalue weighted by molar-refractivity contribution is 0.322. The Bertz CT molecular complexity index is 798. The van der Waals surface area contributed by atoms with Gasteiger partial charge in [0.05, 0.1) is 29.5 Å². The molecule has 2 aliphatic carbocycles. The van der Waals surface area contributed by atoms with Crippen molar-refractivity contribution in [3.63, 3.8) is 0 Å². The number of nitrogens with zero attached hydrogens (tertiary/aromatic N) is 3. The van der Waals surface area contributed by atoms with E-state index in [1.807, 2.05) is 36.4 Å². The van der Waals surface area contributed by atoms with E-state index in [1.54, 1.807) is 0 Å². The SMILES string of the molecule is N#CC1=C(N)C2=CCCCC2C(c2ccccc2)C1(C#N)C#N. The highest BCUT2D eigenvalue weighted by molar-refractivity contribution is 5.58. The zero-order valence-electron chi connectivity index (χ0n) is 12.7. The Balaban J connectivity index is 2.34. The molecule has 2 aliphatic rings. The summed E-state index contributed by atoms with van der Waals surface area (Å²) in [5.74, 6) is -0.366. The van der Waals surface area contributed by atoms with E-state index in [0.717, 1.165) is 30.4 Å². The Morgan fingerprint density at radius 1 is 1.09 bits per heavy atom. The van der Waals surface area contributed by atoms with Crippen molar-refractivity contribution < 1.29 is 0 Å².